The monoisotopic (exact) mass is 431 g/mol. The minimum absolute atomic E-state index is 0.142. The summed E-state index contributed by atoms with van der Waals surface area (Å²) in [6, 6.07) is 12.0. The molecule has 1 spiro atoms. The number of piperidine rings is 1. The summed E-state index contributed by atoms with van der Waals surface area (Å²) in [4.78, 5) is 2.35. The molecule has 3 aromatic rings. The third-order valence-electron chi connectivity index (χ3n) is 6.11. The van der Waals surface area contributed by atoms with Gasteiger partial charge < -0.3 is 10.0 Å². The Hall–Kier alpha value is -2.09. The van der Waals surface area contributed by atoms with Crippen molar-refractivity contribution in [3.8, 4) is 0 Å². The second-order valence-electron chi connectivity index (χ2n) is 8.14. The van der Waals surface area contributed by atoms with E-state index in [-0.39, 0.29) is 16.5 Å². The quantitative estimate of drug-likeness (QED) is 0.683. The fourth-order valence-corrected chi connectivity index (χ4v) is 5.91. The van der Waals surface area contributed by atoms with E-state index in [0.29, 0.717) is 41.1 Å². The van der Waals surface area contributed by atoms with Crippen LogP contribution in [0.4, 0.5) is 5.82 Å². The molecular formula is C21H22ClN3O3S. The van der Waals surface area contributed by atoms with E-state index >= 15 is 0 Å². The van der Waals surface area contributed by atoms with Gasteiger partial charge in [-0.3, -0.25) is 0 Å². The molecule has 0 amide bonds. The Morgan fingerprint density at radius 1 is 1.17 bits per heavy atom. The Kier molecular flexibility index (Phi) is 4.21. The van der Waals surface area contributed by atoms with E-state index in [1.54, 1.807) is 42.5 Å². The summed E-state index contributed by atoms with van der Waals surface area (Å²) in [5, 5.41) is 15.9. The van der Waals surface area contributed by atoms with E-state index in [1.807, 2.05) is 6.92 Å². The number of anilines is 1. The molecule has 0 radical (unpaired) electrons. The van der Waals surface area contributed by atoms with E-state index < -0.39 is 10.0 Å². The first kappa shape index (κ1) is 18.9. The molecule has 2 heterocycles. The SMILES string of the molecule is Cc1ccc(S(=O)(=O)n2nc(N3CCC(O)CC34CC4)c3c(Cl)cccc32)cc1. The van der Waals surface area contributed by atoms with Crippen molar-refractivity contribution in [2.75, 3.05) is 11.4 Å². The maximum absolute atomic E-state index is 13.4. The molecule has 0 bridgehead atoms. The molecule has 8 heteroatoms. The van der Waals surface area contributed by atoms with Crippen molar-refractivity contribution in [3.05, 3.63) is 53.1 Å². The molecular weight excluding hydrogens is 410 g/mol. The fraction of sp³-hybridized carbons (Fsp3) is 0.381. The summed E-state index contributed by atoms with van der Waals surface area (Å²) in [7, 11) is -3.87. The molecule has 1 aliphatic carbocycles. The van der Waals surface area contributed by atoms with Crippen LogP contribution in [0, 0.1) is 6.92 Å². The molecule has 152 valence electrons. The van der Waals surface area contributed by atoms with Crippen LogP contribution in [0.25, 0.3) is 10.9 Å². The molecule has 1 saturated carbocycles. The van der Waals surface area contributed by atoms with E-state index in [4.69, 9.17) is 11.6 Å². The summed E-state index contributed by atoms with van der Waals surface area (Å²) in [6.45, 7) is 2.54. The lowest BCUT2D eigenvalue weighted by Gasteiger charge is -2.39. The molecule has 1 unspecified atom stereocenters. The van der Waals surface area contributed by atoms with E-state index in [0.717, 1.165) is 22.5 Å². The number of aromatic nitrogens is 2. The first-order chi connectivity index (χ1) is 13.8. The highest BCUT2D eigenvalue weighted by atomic mass is 35.5. The van der Waals surface area contributed by atoms with Crippen LogP contribution in [-0.2, 0) is 10.0 Å². The third-order valence-corrected chi connectivity index (χ3v) is 8.03. The van der Waals surface area contributed by atoms with Crippen LogP contribution >= 0.6 is 11.6 Å². The molecule has 1 aliphatic heterocycles. The summed E-state index contributed by atoms with van der Waals surface area (Å²) in [6.07, 6.45) is 2.91. The topological polar surface area (TPSA) is 75.4 Å². The van der Waals surface area contributed by atoms with Gasteiger partial charge in [-0.2, -0.15) is 12.5 Å². The van der Waals surface area contributed by atoms with Crippen molar-refractivity contribution in [2.45, 2.75) is 49.1 Å². The molecule has 29 heavy (non-hydrogen) atoms. The van der Waals surface area contributed by atoms with Crippen LogP contribution in [0.2, 0.25) is 5.02 Å². The Balaban J connectivity index is 1.71. The number of rotatable bonds is 3. The summed E-state index contributed by atoms with van der Waals surface area (Å²) >= 11 is 6.53. The number of benzene rings is 2. The van der Waals surface area contributed by atoms with Crippen molar-refractivity contribution in [1.29, 1.82) is 0 Å². The van der Waals surface area contributed by atoms with E-state index in [9.17, 15) is 13.5 Å². The minimum Gasteiger partial charge on any atom is -0.393 e. The van der Waals surface area contributed by atoms with E-state index in [2.05, 4.69) is 10.00 Å². The lowest BCUT2D eigenvalue weighted by atomic mass is 9.97. The Morgan fingerprint density at radius 3 is 2.59 bits per heavy atom. The van der Waals surface area contributed by atoms with Gasteiger partial charge in [-0.1, -0.05) is 35.4 Å². The van der Waals surface area contributed by atoms with Gasteiger partial charge in [0.1, 0.15) is 0 Å². The molecule has 2 fully saturated rings. The van der Waals surface area contributed by atoms with Crippen LogP contribution in [0.15, 0.2) is 47.4 Å². The van der Waals surface area contributed by atoms with Gasteiger partial charge in [-0.25, -0.2) is 0 Å². The average Bonchev–Trinajstić information content (AvgIpc) is 3.31. The molecule has 1 aromatic heterocycles. The molecule has 6 nitrogen and oxygen atoms in total. The number of aliphatic hydroxyl groups excluding tert-OH is 1. The number of hydrogen-bond acceptors (Lipinski definition) is 5. The number of aryl methyl sites for hydroxylation is 1. The lowest BCUT2D eigenvalue weighted by Crippen LogP contribution is -2.46. The van der Waals surface area contributed by atoms with Gasteiger partial charge in [0.25, 0.3) is 10.0 Å². The zero-order valence-electron chi connectivity index (χ0n) is 16.0. The van der Waals surface area contributed by atoms with Crippen molar-refractivity contribution in [3.63, 3.8) is 0 Å². The van der Waals surface area contributed by atoms with Crippen LogP contribution in [0.3, 0.4) is 0 Å². The number of halogens is 1. The number of fused-ring (bicyclic) bond motifs is 1. The third kappa shape index (κ3) is 2.95. The largest absolute Gasteiger partial charge is 0.393 e. The van der Waals surface area contributed by atoms with Gasteiger partial charge in [0.05, 0.1) is 26.9 Å². The van der Waals surface area contributed by atoms with Crippen LogP contribution in [0.1, 0.15) is 31.2 Å². The standard InChI is InChI=1S/C21H22ClN3O3S/c1-14-5-7-16(8-6-14)29(27,28)25-18-4-2-3-17(22)19(18)20(23-25)24-12-9-15(26)13-21(24)10-11-21/h2-8,15,26H,9-13H2,1H3. The highest BCUT2D eigenvalue weighted by Crippen LogP contribution is 2.51. The summed E-state index contributed by atoms with van der Waals surface area (Å²) in [5.41, 5.74) is 1.31. The maximum atomic E-state index is 13.4. The van der Waals surface area contributed by atoms with Gasteiger partial charge >= 0.3 is 0 Å². The Morgan fingerprint density at radius 2 is 1.90 bits per heavy atom. The molecule has 1 atom stereocenters. The molecule has 1 saturated heterocycles. The average molecular weight is 432 g/mol. The van der Waals surface area contributed by atoms with E-state index in [1.165, 1.54) is 0 Å². The van der Waals surface area contributed by atoms with Crippen molar-refractivity contribution in [2.24, 2.45) is 0 Å². The van der Waals surface area contributed by atoms with Crippen molar-refractivity contribution in [1.82, 2.24) is 9.19 Å². The van der Waals surface area contributed by atoms with Gasteiger partial charge in [0, 0.05) is 12.1 Å². The number of nitrogens with zero attached hydrogens (tertiary/aromatic N) is 3. The maximum Gasteiger partial charge on any atom is 0.283 e. The van der Waals surface area contributed by atoms with Crippen molar-refractivity contribution >= 4 is 38.3 Å². The first-order valence-electron chi connectivity index (χ1n) is 9.77. The smallest absolute Gasteiger partial charge is 0.283 e. The van der Waals surface area contributed by atoms with Crippen LogP contribution < -0.4 is 4.90 Å². The second kappa shape index (κ2) is 6.45. The van der Waals surface area contributed by atoms with Crippen LogP contribution in [-0.4, -0.2) is 40.9 Å². The van der Waals surface area contributed by atoms with Gasteiger partial charge in [0.15, 0.2) is 5.82 Å². The fourth-order valence-electron chi connectivity index (χ4n) is 4.38. The predicted octanol–water partition coefficient (Wildman–Crippen LogP) is 3.73. The predicted molar refractivity (Wildman–Crippen MR) is 113 cm³/mol. The molecule has 2 aliphatic rings. The van der Waals surface area contributed by atoms with Crippen molar-refractivity contribution < 1.29 is 13.5 Å². The molecule has 5 rings (SSSR count). The highest BCUT2D eigenvalue weighted by molar-refractivity contribution is 7.90. The normalized spacial score (nSPS) is 21.1. The highest BCUT2D eigenvalue weighted by Gasteiger charge is 2.52. The zero-order valence-corrected chi connectivity index (χ0v) is 17.6. The Bertz CT molecular complexity index is 1200. The molecule has 2 aromatic carbocycles. The first-order valence-corrected chi connectivity index (χ1v) is 11.6. The number of hydrogen-bond donors (Lipinski definition) is 1. The minimum atomic E-state index is -3.87. The summed E-state index contributed by atoms with van der Waals surface area (Å²) < 4.78 is 27.9. The van der Waals surface area contributed by atoms with Gasteiger partial charge in [-0.15, -0.1) is 5.10 Å². The zero-order chi connectivity index (χ0) is 20.4. The second-order valence-corrected chi connectivity index (χ2v) is 10.3. The number of aliphatic hydroxyl groups is 1. The van der Waals surface area contributed by atoms with Crippen LogP contribution in [0.5, 0.6) is 0 Å². The van der Waals surface area contributed by atoms with Gasteiger partial charge in [0.2, 0.25) is 0 Å². The Labute approximate surface area is 174 Å². The lowest BCUT2D eigenvalue weighted by molar-refractivity contribution is 0.123. The van der Waals surface area contributed by atoms with Gasteiger partial charge in [-0.05, 0) is 56.9 Å². The molecule has 1 N–H and O–H groups in total. The summed E-state index contributed by atoms with van der Waals surface area (Å²) in [5.74, 6) is 0.589.